The van der Waals surface area contributed by atoms with Crippen LogP contribution in [0.25, 0.3) is 0 Å². The first-order valence-electron chi connectivity index (χ1n) is 7.68. The number of alkyl carbamates (subject to hydrolysis) is 1. The van der Waals surface area contributed by atoms with Crippen LogP contribution in [-0.4, -0.2) is 46.1 Å². The van der Waals surface area contributed by atoms with E-state index in [9.17, 15) is 18.0 Å². The largest absolute Gasteiger partial charge is 0.481 e. The van der Waals surface area contributed by atoms with E-state index < -0.39 is 32.4 Å². The van der Waals surface area contributed by atoms with E-state index in [-0.39, 0.29) is 25.9 Å². The summed E-state index contributed by atoms with van der Waals surface area (Å²) in [6, 6.07) is 8.87. The second kappa shape index (κ2) is 8.94. The molecule has 0 aliphatic rings. The molecule has 1 heterocycles. The molecule has 1 amide bonds. The molecule has 26 heavy (non-hydrogen) atoms. The lowest BCUT2D eigenvalue weighted by molar-refractivity contribution is -0.137. The number of carbonyl (C=O) groups excluding carboxylic acids is 1. The van der Waals surface area contributed by atoms with Gasteiger partial charge in [-0.05, 0) is 18.4 Å². The summed E-state index contributed by atoms with van der Waals surface area (Å²) in [5.41, 5.74) is 0.739. The van der Waals surface area contributed by atoms with E-state index in [2.05, 4.69) is 20.5 Å². The molecule has 0 aliphatic heterocycles. The zero-order valence-electron chi connectivity index (χ0n) is 13.7. The third-order valence-electron chi connectivity index (χ3n) is 3.39. The second-order valence-electron chi connectivity index (χ2n) is 5.32. The fraction of sp³-hybridized carbons (Fsp3) is 0.333. The topological polar surface area (TPSA) is 151 Å². The summed E-state index contributed by atoms with van der Waals surface area (Å²) in [5.74, 6) is -1.06. The first-order chi connectivity index (χ1) is 12.4. The average molecular weight is 382 g/mol. The number of hydrogen-bond donors (Lipinski definition) is 3. The minimum atomic E-state index is -4.07. The number of carboxylic acids is 1. The fourth-order valence-corrected chi connectivity index (χ4v) is 3.48. The minimum Gasteiger partial charge on any atom is -0.481 e. The van der Waals surface area contributed by atoms with E-state index in [1.165, 1.54) is 0 Å². The molecule has 1 aromatic heterocycles. The van der Waals surface area contributed by atoms with Crippen LogP contribution in [0.15, 0.2) is 41.8 Å². The molecule has 0 radical (unpaired) electrons. The summed E-state index contributed by atoms with van der Waals surface area (Å²) < 4.78 is 30.1. The number of nitrogens with one attached hydrogen (secondary N) is 2. The quantitative estimate of drug-likeness (QED) is 0.583. The van der Waals surface area contributed by atoms with E-state index >= 15 is 0 Å². The van der Waals surface area contributed by atoms with Crippen molar-refractivity contribution in [2.75, 3.05) is 0 Å². The van der Waals surface area contributed by atoms with Gasteiger partial charge in [-0.25, -0.2) is 18.2 Å². The van der Waals surface area contributed by atoms with Crippen LogP contribution in [0.1, 0.15) is 24.8 Å². The van der Waals surface area contributed by atoms with Crippen LogP contribution in [0.5, 0.6) is 0 Å². The number of benzene rings is 1. The van der Waals surface area contributed by atoms with Gasteiger partial charge < -0.3 is 15.2 Å². The van der Waals surface area contributed by atoms with Crippen molar-refractivity contribution < 1.29 is 27.9 Å². The number of aromatic nitrogens is 3. The molecule has 3 N–H and O–H groups in total. The Balaban J connectivity index is 2.03. The Kier molecular flexibility index (Phi) is 6.67. The number of aromatic amines is 1. The maximum absolute atomic E-state index is 12.5. The van der Waals surface area contributed by atoms with E-state index in [0.29, 0.717) is 0 Å². The summed E-state index contributed by atoms with van der Waals surface area (Å²) in [6.07, 6.45) is -0.211. The zero-order chi connectivity index (χ0) is 19.0. The highest BCUT2D eigenvalue weighted by Gasteiger charge is 2.31. The van der Waals surface area contributed by atoms with E-state index in [1.807, 2.05) is 6.07 Å². The van der Waals surface area contributed by atoms with Crippen molar-refractivity contribution >= 4 is 21.9 Å². The van der Waals surface area contributed by atoms with Crippen LogP contribution in [-0.2, 0) is 26.0 Å². The molecule has 10 nitrogen and oxygen atoms in total. The van der Waals surface area contributed by atoms with Gasteiger partial charge in [0.05, 0.1) is 0 Å². The molecule has 11 heteroatoms. The average Bonchev–Trinajstić information content (AvgIpc) is 3.15. The summed E-state index contributed by atoms with van der Waals surface area (Å²) >= 11 is 0. The summed E-state index contributed by atoms with van der Waals surface area (Å²) in [4.78, 5) is 26.2. The van der Waals surface area contributed by atoms with Gasteiger partial charge in [0.25, 0.3) is 0 Å². The smallest absolute Gasteiger partial charge is 0.408 e. The highest BCUT2D eigenvalue weighted by molar-refractivity contribution is 7.91. The Hall–Kier alpha value is -2.95. The number of amides is 1. The SMILES string of the molecule is O=C(O)CCCC(NC(=O)OCc1ccccc1)S(=O)(=O)c1ncn[nH]1. The van der Waals surface area contributed by atoms with Gasteiger partial charge >= 0.3 is 12.1 Å². The molecule has 0 fully saturated rings. The maximum Gasteiger partial charge on any atom is 0.408 e. The molecule has 1 unspecified atom stereocenters. The number of carbonyl (C=O) groups is 2. The van der Waals surface area contributed by atoms with Gasteiger partial charge in [0.1, 0.15) is 18.3 Å². The zero-order valence-corrected chi connectivity index (χ0v) is 14.5. The Bertz CT molecular complexity index is 823. The highest BCUT2D eigenvalue weighted by atomic mass is 32.2. The predicted octanol–water partition coefficient (Wildman–Crippen LogP) is 1.09. The van der Waals surface area contributed by atoms with Crippen LogP contribution in [0.2, 0.25) is 0 Å². The van der Waals surface area contributed by atoms with Crippen LogP contribution >= 0.6 is 0 Å². The Morgan fingerprint density at radius 3 is 2.62 bits per heavy atom. The van der Waals surface area contributed by atoms with Gasteiger partial charge in [-0.1, -0.05) is 30.3 Å². The molecule has 0 saturated heterocycles. The van der Waals surface area contributed by atoms with Crippen LogP contribution in [0.3, 0.4) is 0 Å². The lowest BCUT2D eigenvalue weighted by atomic mass is 10.2. The number of hydrogen-bond acceptors (Lipinski definition) is 7. The number of carboxylic acid groups (broad SMARTS) is 1. The molecule has 2 rings (SSSR count). The summed E-state index contributed by atoms with van der Waals surface area (Å²) in [5, 5.41) is 14.9. The van der Waals surface area contributed by atoms with Crippen LogP contribution in [0, 0.1) is 0 Å². The third-order valence-corrected chi connectivity index (χ3v) is 5.22. The fourth-order valence-electron chi connectivity index (χ4n) is 2.11. The maximum atomic E-state index is 12.5. The molecule has 0 bridgehead atoms. The highest BCUT2D eigenvalue weighted by Crippen LogP contribution is 2.15. The number of ether oxygens (including phenoxy) is 1. The first-order valence-corrected chi connectivity index (χ1v) is 9.22. The standard InChI is InChI=1S/C15H18N4O6S/c20-13(21)8-4-7-12(26(23,24)14-16-10-17-19-14)18-15(22)25-9-11-5-2-1-3-6-11/h1-3,5-6,10,12H,4,7-9H2,(H,18,22)(H,20,21)(H,16,17,19). The van der Waals surface area contributed by atoms with Gasteiger partial charge in [-0.15, -0.1) is 0 Å². The van der Waals surface area contributed by atoms with Gasteiger partial charge in [0.2, 0.25) is 15.0 Å². The number of sulfone groups is 1. The van der Waals surface area contributed by atoms with Crippen molar-refractivity contribution in [2.45, 2.75) is 36.4 Å². The number of nitrogens with zero attached hydrogens (tertiary/aromatic N) is 2. The number of aliphatic carboxylic acids is 1. The predicted molar refractivity (Wildman–Crippen MR) is 88.6 cm³/mol. The Morgan fingerprint density at radius 1 is 1.27 bits per heavy atom. The van der Waals surface area contributed by atoms with E-state index in [4.69, 9.17) is 9.84 Å². The molecule has 0 saturated carbocycles. The molecular weight excluding hydrogens is 364 g/mol. The normalized spacial score (nSPS) is 12.3. The number of rotatable bonds is 9. The molecule has 1 atom stereocenters. The third kappa shape index (κ3) is 5.55. The Morgan fingerprint density at radius 2 is 2.00 bits per heavy atom. The van der Waals surface area contributed by atoms with Crippen molar-refractivity contribution in [1.29, 1.82) is 0 Å². The second-order valence-corrected chi connectivity index (χ2v) is 7.36. The van der Waals surface area contributed by atoms with E-state index in [0.717, 1.165) is 11.9 Å². The van der Waals surface area contributed by atoms with E-state index in [1.54, 1.807) is 24.3 Å². The molecule has 140 valence electrons. The summed E-state index contributed by atoms with van der Waals surface area (Å²) in [7, 11) is -4.07. The van der Waals surface area contributed by atoms with Gasteiger partial charge in [0, 0.05) is 6.42 Å². The minimum absolute atomic E-state index is 0.0309. The molecule has 2 aromatic rings. The monoisotopic (exact) mass is 382 g/mol. The van der Waals surface area contributed by atoms with Crippen molar-refractivity contribution in [2.24, 2.45) is 0 Å². The van der Waals surface area contributed by atoms with Gasteiger partial charge in [-0.3, -0.25) is 9.89 Å². The van der Waals surface area contributed by atoms with Crippen molar-refractivity contribution in [3.8, 4) is 0 Å². The van der Waals surface area contributed by atoms with Crippen LogP contribution < -0.4 is 5.32 Å². The van der Waals surface area contributed by atoms with Crippen molar-refractivity contribution in [1.82, 2.24) is 20.5 Å². The molecule has 0 spiro atoms. The molecular formula is C15H18N4O6S. The molecule has 1 aromatic carbocycles. The van der Waals surface area contributed by atoms with Crippen molar-refractivity contribution in [3.63, 3.8) is 0 Å². The van der Waals surface area contributed by atoms with Crippen molar-refractivity contribution in [3.05, 3.63) is 42.2 Å². The Labute approximate surface area is 149 Å². The summed E-state index contributed by atoms with van der Waals surface area (Å²) in [6.45, 7) is -0.0309. The van der Waals surface area contributed by atoms with Gasteiger partial charge in [0.15, 0.2) is 0 Å². The van der Waals surface area contributed by atoms with Crippen LogP contribution in [0.4, 0.5) is 4.79 Å². The lowest BCUT2D eigenvalue weighted by Crippen LogP contribution is -2.41. The lowest BCUT2D eigenvalue weighted by Gasteiger charge is -2.17. The van der Waals surface area contributed by atoms with Gasteiger partial charge in [-0.2, -0.15) is 5.10 Å². The first kappa shape index (κ1) is 19.4. The number of H-pyrrole nitrogens is 1. The molecule has 0 aliphatic carbocycles.